The number of hydrogen-bond acceptors (Lipinski definition) is 3. The molecule has 0 saturated carbocycles. The molecule has 6 nitrogen and oxygen atoms in total. The monoisotopic (exact) mass is 443 g/mol. The van der Waals surface area contributed by atoms with Gasteiger partial charge in [0.2, 0.25) is 0 Å². The standard InChI is InChI=1S/C27H29N3O3/c31-25-21-9-3-5-11-24(21)33-17-7-1-6-12-27(19-28-25)13-15-30(16-14-27)26(32)23-18-20-8-2-4-10-22(20)29-23/h1-6,8-11,18,29H,7,12-17,19H2,(H,28,31)/b6-1+. The van der Waals surface area contributed by atoms with Crippen LogP contribution in [0, 0.1) is 5.41 Å². The number of aromatic nitrogens is 1. The third-order valence-corrected chi connectivity index (χ3v) is 6.89. The van der Waals surface area contributed by atoms with Gasteiger partial charge in [-0.3, -0.25) is 9.59 Å². The number of amides is 2. The van der Waals surface area contributed by atoms with Gasteiger partial charge in [-0.05, 0) is 55.4 Å². The average Bonchev–Trinajstić information content (AvgIpc) is 3.29. The fourth-order valence-electron chi connectivity index (χ4n) is 4.83. The van der Waals surface area contributed by atoms with Crippen LogP contribution >= 0.6 is 0 Å². The summed E-state index contributed by atoms with van der Waals surface area (Å²) in [5, 5.41) is 4.20. The predicted octanol–water partition coefficient (Wildman–Crippen LogP) is 4.55. The molecule has 3 aromatic rings. The number of allylic oxidation sites excluding steroid dienone is 1. The molecule has 2 amide bonds. The lowest BCUT2D eigenvalue weighted by Crippen LogP contribution is -2.48. The van der Waals surface area contributed by atoms with Crippen molar-refractivity contribution in [1.29, 1.82) is 0 Å². The summed E-state index contributed by atoms with van der Waals surface area (Å²) in [4.78, 5) is 31.2. The van der Waals surface area contributed by atoms with Crippen molar-refractivity contribution in [2.45, 2.75) is 25.7 Å². The summed E-state index contributed by atoms with van der Waals surface area (Å²) in [7, 11) is 0. The molecule has 2 aliphatic rings. The molecule has 33 heavy (non-hydrogen) atoms. The van der Waals surface area contributed by atoms with Crippen LogP contribution < -0.4 is 10.1 Å². The Morgan fingerprint density at radius 2 is 1.79 bits per heavy atom. The summed E-state index contributed by atoms with van der Waals surface area (Å²) in [6.07, 6.45) is 7.75. The highest BCUT2D eigenvalue weighted by molar-refractivity contribution is 5.98. The van der Waals surface area contributed by atoms with Crippen LogP contribution in [0.4, 0.5) is 0 Å². The zero-order chi connectivity index (χ0) is 22.7. The molecule has 0 aliphatic carbocycles. The largest absolute Gasteiger partial charge is 0.492 e. The third kappa shape index (κ3) is 4.51. The first-order valence-corrected chi connectivity index (χ1v) is 11.7. The molecule has 1 saturated heterocycles. The number of piperidine rings is 1. The van der Waals surface area contributed by atoms with Crippen LogP contribution in [0.15, 0.2) is 66.7 Å². The first kappa shape index (κ1) is 21.3. The lowest BCUT2D eigenvalue weighted by molar-refractivity contribution is 0.0561. The van der Waals surface area contributed by atoms with Gasteiger partial charge in [-0.15, -0.1) is 0 Å². The van der Waals surface area contributed by atoms with Crippen molar-refractivity contribution in [3.05, 3.63) is 78.0 Å². The van der Waals surface area contributed by atoms with Gasteiger partial charge in [0.05, 0.1) is 12.2 Å². The summed E-state index contributed by atoms with van der Waals surface area (Å²) in [6.45, 7) is 2.48. The van der Waals surface area contributed by atoms with Gasteiger partial charge >= 0.3 is 0 Å². The number of aromatic amines is 1. The van der Waals surface area contributed by atoms with E-state index in [4.69, 9.17) is 4.74 Å². The van der Waals surface area contributed by atoms with Crippen molar-refractivity contribution in [2.75, 3.05) is 26.2 Å². The number of rotatable bonds is 1. The minimum Gasteiger partial charge on any atom is -0.492 e. The third-order valence-electron chi connectivity index (χ3n) is 6.89. The fraction of sp³-hybridized carbons (Fsp3) is 0.333. The molecular weight excluding hydrogens is 414 g/mol. The molecule has 0 bridgehead atoms. The SMILES string of the molecule is O=C1NCC2(C/C=C/CCOc3ccccc31)CCN(C(=O)c1cc3ccccc3[nH]1)CC2. The van der Waals surface area contributed by atoms with E-state index >= 15 is 0 Å². The van der Waals surface area contributed by atoms with E-state index in [0.717, 1.165) is 36.6 Å². The van der Waals surface area contributed by atoms with E-state index in [-0.39, 0.29) is 17.2 Å². The van der Waals surface area contributed by atoms with Crippen LogP contribution in [0.5, 0.6) is 5.75 Å². The van der Waals surface area contributed by atoms with Crippen LogP contribution in [0.2, 0.25) is 0 Å². The summed E-state index contributed by atoms with van der Waals surface area (Å²) in [5.41, 5.74) is 2.13. The topological polar surface area (TPSA) is 74.4 Å². The van der Waals surface area contributed by atoms with Crippen LogP contribution in [0.3, 0.4) is 0 Å². The minimum atomic E-state index is -0.105. The van der Waals surface area contributed by atoms with Crippen molar-refractivity contribution < 1.29 is 14.3 Å². The number of nitrogens with zero attached hydrogens (tertiary/aromatic N) is 1. The first-order valence-electron chi connectivity index (χ1n) is 11.7. The Morgan fingerprint density at radius 1 is 1.00 bits per heavy atom. The second-order valence-electron chi connectivity index (χ2n) is 9.05. The van der Waals surface area contributed by atoms with Gasteiger partial charge in [0.15, 0.2) is 0 Å². The predicted molar refractivity (Wildman–Crippen MR) is 129 cm³/mol. The maximum Gasteiger partial charge on any atom is 0.270 e. The van der Waals surface area contributed by atoms with E-state index in [2.05, 4.69) is 22.5 Å². The highest BCUT2D eigenvalue weighted by atomic mass is 16.5. The van der Waals surface area contributed by atoms with E-state index in [9.17, 15) is 9.59 Å². The Morgan fingerprint density at radius 3 is 2.64 bits per heavy atom. The van der Waals surface area contributed by atoms with E-state index in [1.165, 1.54) is 0 Å². The number of para-hydroxylation sites is 2. The number of fused-ring (bicyclic) bond motifs is 2. The summed E-state index contributed by atoms with van der Waals surface area (Å²) < 4.78 is 5.81. The molecule has 5 rings (SSSR count). The smallest absolute Gasteiger partial charge is 0.270 e. The molecule has 1 fully saturated rings. The molecule has 1 aromatic heterocycles. The highest BCUT2D eigenvalue weighted by Crippen LogP contribution is 2.36. The van der Waals surface area contributed by atoms with E-state index in [1.54, 1.807) is 6.07 Å². The van der Waals surface area contributed by atoms with Gasteiger partial charge in [0, 0.05) is 30.5 Å². The van der Waals surface area contributed by atoms with Crippen molar-refractivity contribution in [1.82, 2.24) is 15.2 Å². The molecule has 170 valence electrons. The van der Waals surface area contributed by atoms with Gasteiger partial charge in [0.25, 0.3) is 11.8 Å². The second kappa shape index (κ2) is 9.14. The quantitative estimate of drug-likeness (QED) is 0.542. The Labute approximate surface area is 193 Å². The zero-order valence-electron chi connectivity index (χ0n) is 18.7. The van der Waals surface area contributed by atoms with Crippen molar-refractivity contribution in [3.63, 3.8) is 0 Å². The number of carbonyl (C=O) groups is 2. The number of carbonyl (C=O) groups excluding carboxylic acids is 2. The number of H-pyrrole nitrogens is 1. The normalized spacial score (nSPS) is 19.6. The van der Waals surface area contributed by atoms with Crippen molar-refractivity contribution in [2.24, 2.45) is 5.41 Å². The lowest BCUT2D eigenvalue weighted by Gasteiger charge is -2.41. The number of nitrogens with one attached hydrogen (secondary N) is 2. The van der Waals surface area contributed by atoms with Crippen LogP contribution in [-0.2, 0) is 0 Å². The van der Waals surface area contributed by atoms with Gasteiger partial charge in [0.1, 0.15) is 11.4 Å². The van der Waals surface area contributed by atoms with Crippen molar-refractivity contribution >= 4 is 22.7 Å². The average molecular weight is 444 g/mol. The molecule has 2 N–H and O–H groups in total. The number of hydrogen-bond donors (Lipinski definition) is 2. The number of ether oxygens (including phenoxy) is 1. The molecule has 2 aromatic carbocycles. The van der Waals surface area contributed by atoms with Crippen LogP contribution in [-0.4, -0.2) is 47.9 Å². The summed E-state index contributed by atoms with van der Waals surface area (Å²) in [6, 6.07) is 17.3. The van der Waals surface area contributed by atoms with E-state index < -0.39 is 0 Å². The molecule has 1 spiro atoms. The maximum absolute atomic E-state index is 13.1. The Hall–Kier alpha value is -3.54. The molecule has 0 atom stereocenters. The molecule has 0 radical (unpaired) electrons. The van der Waals surface area contributed by atoms with Crippen molar-refractivity contribution in [3.8, 4) is 5.75 Å². The molecule has 3 heterocycles. The molecule has 6 heteroatoms. The number of likely N-dealkylation sites (tertiary alicyclic amines) is 1. The van der Waals surface area contributed by atoms with Gasteiger partial charge in [-0.1, -0.05) is 42.5 Å². The number of benzene rings is 2. The second-order valence-corrected chi connectivity index (χ2v) is 9.05. The fourth-order valence-corrected chi connectivity index (χ4v) is 4.83. The molecule has 0 unspecified atom stereocenters. The van der Waals surface area contributed by atoms with Crippen LogP contribution in [0.25, 0.3) is 10.9 Å². The zero-order valence-corrected chi connectivity index (χ0v) is 18.7. The van der Waals surface area contributed by atoms with E-state index in [1.807, 2.05) is 53.4 Å². The Kier molecular flexibility index (Phi) is 5.90. The van der Waals surface area contributed by atoms with Crippen LogP contribution in [0.1, 0.15) is 46.5 Å². The molecular formula is C27H29N3O3. The lowest BCUT2D eigenvalue weighted by atomic mass is 9.75. The maximum atomic E-state index is 13.1. The highest BCUT2D eigenvalue weighted by Gasteiger charge is 2.36. The summed E-state index contributed by atoms with van der Waals surface area (Å²) in [5.74, 6) is 0.558. The van der Waals surface area contributed by atoms with Gasteiger partial charge in [-0.2, -0.15) is 0 Å². The first-order chi connectivity index (χ1) is 16.1. The van der Waals surface area contributed by atoms with E-state index in [0.29, 0.717) is 43.2 Å². The molecule has 2 aliphatic heterocycles. The van der Waals surface area contributed by atoms with Gasteiger partial charge < -0.3 is 19.9 Å². The Bertz CT molecular complexity index is 1160. The van der Waals surface area contributed by atoms with Gasteiger partial charge in [-0.25, -0.2) is 0 Å². The Balaban J connectivity index is 1.29. The minimum absolute atomic E-state index is 0.0415. The summed E-state index contributed by atoms with van der Waals surface area (Å²) >= 11 is 0.